The summed E-state index contributed by atoms with van der Waals surface area (Å²) in [4.78, 5) is 4.44. The third kappa shape index (κ3) is 3.64. The number of hydrogen-bond donors (Lipinski definition) is 1. The van der Waals surface area contributed by atoms with Gasteiger partial charge in [-0.15, -0.1) is 0 Å². The van der Waals surface area contributed by atoms with Crippen molar-refractivity contribution in [1.82, 2.24) is 19.5 Å². The molecule has 0 fully saturated rings. The lowest BCUT2D eigenvalue weighted by Gasteiger charge is -2.12. The molecule has 160 valence electrons. The topological polar surface area (TPSA) is 88.2 Å². The lowest BCUT2D eigenvalue weighted by molar-refractivity contribution is 0.386. The predicted octanol–water partition coefficient (Wildman–Crippen LogP) is 3.83. The molecule has 31 heavy (non-hydrogen) atoms. The largest absolute Gasteiger partial charge is 0.493 e. The molecular formula is C21H18F2N4O3S. The minimum absolute atomic E-state index is 0.128. The van der Waals surface area contributed by atoms with Crippen LogP contribution in [0.25, 0.3) is 33.4 Å². The minimum atomic E-state index is -3.61. The second-order valence-corrected chi connectivity index (χ2v) is 9.13. The number of nitrogens with zero attached hydrogens (tertiary/aromatic N) is 3. The highest BCUT2D eigenvalue weighted by Crippen LogP contribution is 2.37. The van der Waals surface area contributed by atoms with E-state index in [1.807, 2.05) is 0 Å². The predicted molar refractivity (Wildman–Crippen MR) is 112 cm³/mol. The van der Waals surface area contributed by atoms with E-state index < -0.39 is 21.7 Å². The molecule has 4 rings (SSSR count). The average Bonchev–Trinajstić information content (AvgIpc) is 3.16. The molecule has 0 spiro atoms. The third-order valence-electron chi connectivity index (χ3n) is 4.84. The summed E-state index contributed by atoms with van der Waals surface area (Å²) in [5, 5.41) is 7.37. The number of methoxy groups -OCH3 is 1. The molecule has 1 N–H and O–H groups in total. The number of H-pyrrole nitrogens is 1. The molecule has 2 aromatic carbocycles. The summed E-state index contributed by atoms with van der Waals surface area (Å²) in [7, 11) is 0.591. The standard InChI is InChI=1S/C21H18F2N4O3S/c1-27(2)31(28,29)15-6-4-5-12(7-15)13-8-17-19(25-26-21(17)24-11-13)16-9-14(22)10-18(23)20(16)30-3/h4-11H,1-3H3,(H,24,25,26). The quantitative estimate of drug-likeness (QED) is 0.506. The number of pyridine rings is 1. The summed E-state index contributed by atoms with van der Waals surface area (Å²) in [6, 6.07) is 10.0. The van der Waals surface area contributed by atoms with Crippen LogP contribution in [0.3, 0.4) is 0 Å². The van der Waals surface area contributed by atoms with Crippen LogP contribution in [0.4, 0.5) is 8.78 Å². The van der Waals surface area contributed by atoms with E-state index in [1.54, 1.807) is 30.5 Å². The first-order valence-corrected chi connectivity index (χ1v) is 10.6. The molecule has 0 aliphatic carbocycles. The summed E-state index contributed by atoms with van der Waals surface area (Å²) in [5.41, 5.74) is 2.05. The van der Waals surface area contributed by atoms with Crippen molar-refractivity contribution < 1.29 is 21.9 Å². The Morgan fingerprint density at radius 1 is 1.06 bits per heavy atom. The van der Waals surface area contributed by atoms with Gasteiger partial charge in [0, 0.05) is 42.9 Å². The van der Waals surface area contributed by atoms with Crippen molar-refractivity contribution >= 4 is 21.1 Å². The zero-order chi connectivity index (χ0) is 22.3. The maximum absolute atomic E-state index is 14.2. The fraction of sp³-hybridized carbons (Fsp3) is 0.143. The van der Waals surface area contributed by atoms with Gasteiger partial charge < -0.3 is 4.74 Å². The fourth-order valence-electron chi connectivity index (χ4n) is 3.26. The molecule has 2 aromatic heterocycles. The lowest BCUT2D eigenvalue weighted by atomic mass is 10.0. The van der Waals surface area contributed by atoms with Crippen LogP contribution >= 0.6 is 0 Å². The van der Waals surface area contributed by atoms with E-state index in [9.17, 15) is 17.2 Å². The van der Waals surface area contributed by atoms with Crippen molar-refractivity contribution in [3.63, 3.8) is 0 Å². The normalized spacial score (nSPS) is 11.9. The van der Waals surface area contributed by atoms with Gasteiger partial charge in [-0.05, 0) is 29.8 Å². The van der Waals surface area contributed by atoms with E-state index in [4.69, 9.17) is 4.74 Å². The van der Waals surface area contributed by atoms with Gasteiger partial charge in [-0.1, -0.05) is 12.1 Å². The van der Waals surface area contributed by atoms with Gasteiger partial charge in [-0.3, -0.25) is 5.10 Å². The molecule has 0 aliphatic heterocycles. The first-order chi connectivity index (χ1) is 14.7. The van der Waals surface area contributed by atoms with Crippen molar-refractivity contribution in [3.8, 4) is 28.1 Å². The molecule has 0 unspecified atom stereocenters. The van der Waals surface area contributed by atoms with Crippen LogP contribution in [0.1, 0.15) is 0 Å². The Morgan fingerprint density at radius 3 is 2.55 bits per heavy atom. The molecule has 0 amide bonds. The van der Waals surface area contributed by atoms with Crippen LogP contribution in [-0.4, -0.2) is 49.1 Å². The number of aromatic nitrogens is 3. The van der Waals surface area contributed by atoms with Gasteiger partial charge in [0.2, 0.25) is 10.0 Å². The van der Waals surface area contributed by atoms with Gasteiger partial charge in [0.1, 0.15) is 5.82 Å². The first kappa shape index (κ1) is 20.9. The molecule has 0 aliphatic rings. The molecule has 0 radical (unpaired) electrons. The van der Waals surface area contributed by atoms with Gasteiger partial charge >= 0.3 is 0 Å². The molecule has 0 saturated heterocycles. The maximum atomic E-state index is 14.2. The molecular weight excluding hydrogens is 426 g/mol. The van der Waals surface area contributed by atoms with E-state index in [1.165, 1.54) is 27.3 Å². The van der Waals surface area contributed by atoms with E-state index in [0.717, 1.165) is 16.4 Å². The van der Waals surface area contributed by atoms with Crippen molar-refractivity contribution in [2.45, 2.75) is 4.90 Å². The van der Waals surface area contributed by atoms with Crippen LogP contribution in [0, 0.1) is 11.6 Å². The van der Waals surface area contributed by atoms with E-state index in [2.05, 4.69) is 15.2 Å². The molecule has 10 heteroatoms. The van der Waals surface area contributed by atoms with Gasteiger partial charge in [0.05, 0.1) is 17.7 Å². The van der Waals surface area contributed by atoms with Crippen LogP contribution in [0.15, 0.2) is 53.6 Å². The monoisotopic (exact) mass is 444 g/mol. The molecule has 0 atom stereocenters. The number of ether oxygens (including phenoxy) is 1. The summed E-state index contributed by atoms with van der Waals surface area (Å²) < 4.78 is 59.3. The van der Waals surface area contributed by atoms with Gasteiger partial charge in [0.15, 0.2) is 17.2 Å². The highest BCUT2D eigenvalue weighted by atomic mass is 32.2. The molecule has 2 heterocycles. The number of rotatable bonds is 5. The van der Waals surface area contributed by atoms with Crippen LogP contribution in [-0.2, 0) is 10.0 Å². The summed E-state index contributed by atoms with van der Waals surface area (Å²) >= 11 is 0. The van der Waals surface area contributed by atoms with Gasteiger partial charge in [-0.2, -0.15) is 5.10 Å². The number of hydrogen-bond acceptors (Lipinski definition) is 5. The van der Waals surface area contributed by atoms with Crippen LogP contribution < -0.4 is 4.74 Å². The molecule has 0 saturated carbocycles. The Balaban J connectivity index is 1.89. The Labute approximate surface area is 177 Å². The van der Waals surface area contributed by atoms with E-state index in [0.29, 0.717) is 27.9 Å². The van der Waals surface area contributed by atoms with Crippen molar-refractivity contribution in [3.05, 3.63) is 60.3 Å². The number of nitrogens with one attached hydrogen (secondary N) is 1. The second-order valence-electron chi connectivity index (χ2n) is 6.98. The Hall–Kier alpha value is -3.37. The smallest absolute Gasteiger partial charge is 0.242 e. The van der Waals surface area contributed by atoms with Crippen molar-refractivity contribution in [2.24, 2.45) is 0 Å². The summed E-state index contributed by atoms with van der Waals surface area (Å²) in [5.74, 6) is -1.73. The molecule has 7 nitrogen and oxygen atoms in total. The Kier molecular flexibility index (Phi) is 5.19. The van der Waals surface area contributed by atoms with Gasteiger partial charge in [0.25, 0.3) is 0 Å². The van der Waals surface area contributed by atoms with Gasteiger partial charge in [-0.25, -0.2) is 26.5 Å². The molecule has 4 aromatic rings. The van der Waals surface area contributed by atoms with E-state index in [-0.39, 0.29) is 16.2 Å². The lowest BCUT2D eigenvalue weighted by Crippen LogP contribution is -2.22. The SMILES string of the molecule is COc1c(F)cc(F)cc1-c1[nH]nc2ncc(-c3cccc(S(=O)(=O)N(C)C)c3)cc12. The van der Waals surface area contributed by atoms with Crippen molar-refractivity contribution in [2.75, 3.05) is 21.2 Å². The highest BCUT2D eigenvalue weighted by molar-refractivity contribution is 7.89. The van der Waals surface area contributed by atoms with Crippen LogP contribution in [0.2, 0.25) is 0 Å². The van der Waals surface area contributed by atoms with Crippen LogP contribution in [0.5, 0.6) is 5.75 Å². The molecule has 0 bridgehead atoms. The third-order valence-corrected chi connectivity index (χ3v) is 6.65. The highest BCUT2D eigenvalue weighted by Gasteiger charge is 2.20. The van der Waals surface area contributed by atoms with Crippen molar-refractivity contribution in [1.29, 1.82) is 0 Å². The number of aromatic amines is 1. The zero-order valence-electron chi connectivity index (χ0n) is 16.8. The fourth-order valence-corrected chi connectivity index (χ4v) is 4.21. The van der Waals surface area contributed by atoms with E-state index >= 15 is 0 Å². The Morgan fingerprint density at radius 2 is 1.84 bits per heavy atom. The zero-order valence-corrected chi connectivity index (χ0v) is 17.7. The number of halogens is 2. The summed E-state index contributed by atoms with van der Waals surface area (Å²) in [6.45, 7) is 0. The number of benzene rings is 2. The average molecular weight is 444 g/mol. The second kappa shape index (κ2) is 7.71. The maximum Gasteiger partial charge on any atom is 0.242 e. The first-order valence-electron chi connectivity index (χ1n) is 9.13. The number of fused-ring (bicyclic) bond motifs is 1. The minimum Gasteiger partial charge on any atom is -0.493 e. The Bertz CT molecular complexity index is 1400. The number of sulfonamides is 1. The summed E-state index contributed by atoms with van der Waals surface area (Å²) in [6.07, 6.45) is 1.55.